The summed E-state index contributed by atoms with van der Waals surface area (Å²) in [5, 5.41) is 12.9. The molecule has 13 heavy (non-hydrogen) atoms. The van der Waals surface area contributed by atoms with Crippen LogP contribution < -0.4 is 5.32 Å². The molecule has 1 aromatic heterocycles. The van der Waals surface area contributed by atoms with Crippen LogP contribution in [0.5, 0.6) is 0 Å². The number of aromatic nitrogens is 1. The van der Waals surface area contributed by atoms with Crippen LogP contribution in [0, 0.1) is 0 Å². The summed E-state index contributed by atoms with van der Waals surface area (Å²) in [6, 6.07) is 4.34. The van der Waals surface area contributed by atoms with Crippen molar-refractivity contribution in [2.24, 2.45) is 0 Å². The van der Waals surface area contributed by atoms with E-state index in [-0.39, 0.29) is 0 Å². The van der Waals surface area contributed by atoms with Gasteiger partial charge in [-0.1, -0.05) is 6.07 Å². The topological polar surface area (TPSA) is 55.1 Å². The molecule has 1 aliphatic heterocycles. The number of aliphatic hydroxyl groups is 1. The van der Waals surface area contributed by atoms with Gasteiger partial charge in [0.05, 0.1) is 17.3 Å². The molecular formula is C10H14N2O. The Morgan fingerprint density at radius 1 is 1.54 bits per heavy atom. The third-order valence-electron chi connectivity index (χ3n) is 2.26. The summed E-state index contributed by atoms with van der Waals surface area (Å²) in [7, 11) is 0. The standard InChI is InChI=1S/C10H14N2O/c1-10(2,13)7-3-4-8(11-5-7)9-6-12-9/h3-5,9,12-13H,6H2,1-2H3. The molecule has 2 N–H and O–H groups in total. The zero-order valence-corrected chi connectivity index (χ0v) is 7.91. The number of pyridine rings is 1. The average molecular weight is 178 g/mol. The molecular weight excluding hydrogens is 164 g/mol. The predicted octanol–water partition coefficient (Wildman–Crippen LogP) is 0.953. The molecule has 0 spiro atoms. The highest BCUT2D eigenvalue weighted by Gasteiger charge is 2.24. The maximum absolute atomic E-state index is 9.68. The molecule has 0 bridgehead atoms. The first-order valence-electron chi connectivity index (χ1n) is 4.49. The summed E-state index contributed by atoms with van der Waals surface area (Å²) in [6.45, 7) is 4.55. The van der Waals surface area contributed by atoms with Crippen LogP contribution in [0.4, 0.5) is 0 Å². The zero-order valence-electron chi connectivity index (χ0n) is 7.91. The monoisotopic (exact) mass is 178 g/mol. The first kappa shape index (κ1) is 8.66. The lowest BCUT2D eigenvalue weighted by atomic mass is 10.0. The molecule has 70 valence electrons. The van der Waals surface area contributed by atoms with Gasteiger partial charge in [-0.2, -0.15) is 0 Å². The Balaban J connectivity index is 2.22. The molecule has 1 unspecified atom stereocenters. The predicted molar refractivity (Wildman–Crippen MR) is 50.2 cm³/mol. The summed E-state index contributed by atoms with van der Waals surface area (Å²) in [4.78, 5) is 4.28. The van der Waals surface area contributed by atoms with E-state index in [4.69, 9.17) is 0 Å². The number of hydrogen-bond acceptors (Lipinski definition) is 3. The lowest BCUT2D eigenvalue weighted by Crippen LogP contribution is -2.15. The summed E-state index contributed by atoms with van der Waals surface area (Å²) < 4.78 is 0. The Morgan fingerprint density at radius 2 is 2.23 bits per heavy atom. The minimum absolute atomic E-state index is 0.441. The molecule has 0 aromatic carbocycles. The van der Waals surface area contributed by atoms with Crippen molar-refractivity contribution in [3.63, 3.8) is 0 Å². The number of nitrogens with one attached hydrogen (secondary N) is 1. The fraction of sp³-hybridized carbons (Fsp3) is 0.500. The van der Waals surface area contributed by atoms with Crippen LogP contribution in [0.25, 0.3) is 0 Å². The molecule has 1 aliphatic rings. The lowest BCUT2D eigenvalue weighted by molar-refractivity contribution is 0.0782. The smallest absolute Gasteiger partial charge is 0.0855 e. The Bertz CT molecular complexity index is 296. The van der Waals surface area contributed by atoms with Gasteiger partial charge in [-0.25, -0.2) is 0 Å². The van der Waals surface area contributed by atoms with Crippen LogP contribution in [-0.2, 0) is 5.60 Å². The third-order valence-corrected chi connectivity index (χ3v) is 2.26. The highest BCUT2D eigenvalue weighted by molar-refractivity contribution is 5.23. The Morgan fingerprint density at radius 3 is 2.62 bits per heavy atom. The van der Waals surface area contributed by atoms with Crippen LogP contribution in [0.15, 0.2) is 18.3 Å². The van der Waals surface area contributed by atoms with Crippen molar-refractivity contribution < 1.29 is 5.11 Å². The second kappa shape index (κ2) is 2.79. The van der Waals surface area contributed by atoms with Gasteiger partial charge in [0.25, 0.3) is 0 Å². The molecule has 0 saturated carbocycles. The Kier molecular flexibility index (Phi) is 1.86. The first-order chi connectivity index (χ1) is 6.07. The number of hydrogen-bond donors (Lipinski definition) is 2. The van der Waals surface area contributed by atoms with E-state index < -0.39 is 5.60 Å². The molecule has 0 aliphatic carbocycles. The van der Waals surface area contributed by atoms with Gasteiger partial charge >= 0.3 is 0 Å². The third kappa shape index (κ3) is 1.87. The molecule has 3 heteroatoms. The Hall–Kier alpha value is -0.930. The summed E-state index contributed by atoms with van der Waals surface area (Å²) in [6.07, 6.45) is 1.75. The van der Waals surface area contributed by atoms with Crippen molar-refractivity contribution >= 4 is 0 Å². The van der Waals surface area contributed by atoms with Crippen molar-refractivity contribution in [2.75, 3.05) is 6.54 Å². The molecule has 1 fully saturated rings. The van der Waals surface area contributed by atoms with Crippen LogP contribution >= 0.6 is 0 Å². The highest BCUT2D eigenvalue weighted by Crippen LogP contribution is 2.23. The fourth-order valence-electron chi connectivity index (χ4n) is 1.24. The second-order valence-electron chi connectivity index (χ2n) is 3.99. The maximum atomic E-state index is 9.68. The van der Waals surface area contributed by atoms with E-state index in [2.05, 4.69) is 10.3 Å². The Labute approximate surface area is 77.8 Å². The normalized spacial score (nSPS) is 21.6. The molecule has 1 atom stereocenters. The first-order valence-corrected chi connectivity index (χ1v) is 4.49. The van der Waals surface area contributed by atoms with Crippen molar-refractivity contribution in [1.82, 2.24) is 10.3 Å². The summed E-state index contributed by atoms with van der Waals surface area (Å²) in [5.41, 5.74) is 1.13. The molecule has 1 saturated heterocycles. The van der Waals surface area contributed by atoms with Gasteiger partial charge in [-0.3, -0.25) is 4.98 Å². The van der Waals surface area contributed by atoms with E-state index in [9.17, 15) is 5.11 Å². The molecule has 1 aromatic rings. The maximum Gasteiger partial charge on any atom is 0.0855 e. The minimum atomic E-state index is -0.789. The van der Waals surface area contributed by atoms with Gasteiger partial charge in [0.15, 0.2) is 0 Å². The van der Waals surface area contributed by atoms with Crippen molar-refractivity contribution in [3.05, 3.63) is 29.6 Å². The molecule has 0 amide bonds. The molecule has 0 radical (unpaired) electrons. The van der Waals surface area contributed by atoms with E-state index in [0.29, 0.717) is 6.04 Å². The van der Waals surface area contributed by atoms with Crippen molar-refractivity contribution in [1.29, 1.82) is 0 Å². The van der Waals surface area contributed by atoms with Crippen molar-refractivity contribution in [3.8, 4) is 0 Å². The van der Waals surface area contributed by atoms with Crippen LogP contribution in [0.2, 0.25) is 0 Å². The largest absolute Gasteiger partial charge is 0.386 e. The lowest BCUT2D eigenvalue weighted by Gasteiger charge is -2.16. The van der Waals surface area contributed by atoms with Gasteiger partial charge in [0.1, 0.15) is 0 Å². The van der Waals surface area contributed by atoms with Gasteiger partial charge in [-0.15, -0.1) is 0 Å². The number of nitrogens with zero attached hydrogens (tertiary/aromatic N) is 1. The van der Waals surface area contributed by atoms with Crippen molar-refractivity contribution in [2.45, 2.75) is 25.5 Å². The van der Waals surface area contributed by atoms with Crippen LogP contribution in [0.1, 0.15) is 31.1 Å². The highest BCUT2D eigenvalue weighted by atomic mass is 16.3. The summed E-state index contributed by atoms with van der Waals surface area (Å²) >= 11 is 0. The number of rotatable bonds is 2. The second-order valence-corrected chi connectivity index (χ2v) is 3.99. The SMILES string of the molecule is CC(C)(O)c1ccc(C2CN2)nc1. The van der Waals surface area contributed by atoms with Crippen LogP contribution in [-0.4, -0.2) is 16.6 Å². The van der Waals surface area contributed by atoms with Gasteiger partial charge in [0.2, 0.25) is 0 Å². The van der Waals surface area contributed by atoms with Gasteiger partial charge in [0, 0.05) is 18.3 Å². The molecule has 3 nitrogen and oxygen atoms in total. The van der Waals surface area contributed by atoms with E-state index in [1.807, 2.05) is 12.1 Å². The van der Waals surface area contributed by atoms with E-state index >= 15 is 0 Å². The fourth-order valence-corrected chi connectivity index (χ4v) is 1.24. The minimum Gasteiger partial charge on any atom is -0.386 e. The summed E-state index contributed by atoms with van der Waals surface area (Å²) in [5.74, 6) is 0. The van der Waals surface area contributed by atoms with E-state index in [0.717, 1.165) is 17.8 Å². The van der Waals surface area contributed by atoms with E-state index in [1.165, 1.54) is 0 Å². The molecule has 2 rings (SSSR count). The van der Waals surface area contributed by atoms with E-state index in [1.54, 1.807) is 20.0 Å². The van der Waals surface area contributed by atoms with Gasteiger partial charge in [-0.05, 0) is 19.9 Å². The molecule has 2 heterocycles. The zero-order chi connectivity index (χ0) is 9.47. The van der Waals surface area contributed by atoms with Gasteiger partial charge < -0.3 is 10.4 Å². The van der Waals surface area contributed by atoms with Crippen LogP contribution in [0.3, 0.4) is 0 Å². The average Bonchev–Trinajstić information content (AvgIpc) is 2.85. The quantitative estimate of drug-likeness (QED) is 0.663.